The Labute approximate surface area is 199 Å². The molecule has 7 nitrogen and oxygen atoms in total. The van der Waals surface area contributed by atoms with Gasteiger partial charge >= 0.3 is 12.1 Å². The van der Waals surface area contributed by atoms with E-state index in [0.717, 1.165) is 19.3 Å². The maximum Gasteiger partial charge on any atom is 0.407 e. The van der Waals surface area contributed by atoms with E-state index in [4.69, 9.17) is 9.84 Å². The summed E-state index contributed by atoms with van der Waals surface area (Å²) < 4.78 is 5.65. The number of carbonyl (C=O) groups excluding carboxylic acids is 2. The zero-order valence-corrected chi connectivity index (χ0v) is 19.5. The van der Waals surface area contributed by atoms with Crippen LogP contribution in [0.4, 0.5) is 4.79 Å². The summed E-state index contributed by atoms with van der Waals surface area (Å²) >= 11 is 0. The second-order valence-corrected chi connectivity index (χ2v) is 9.37. The normalized spacial score (nSPS) is 20.0. The number of carboxylic acid groups (broad SMARTS) is 1. The average Bonchev–Trinajstić information content (AvgIpc) is 3.15. The van der Waals surface area contributed by atoms with Crippen molar-refractivity contribution in [2.24, 2.45) is 5.92 Å². The molecular weight excluding hydrogens is 432 g/mol. The van der Waals surface area contributed by atoms with Crippen molar-refractivity contribution in [3.05, 3.63) is 59.7 Å². The minimum absolute atomic E-state index is 0.00956. The van der Waals surface area contributed by atoms with Crippen molar-refractivity contribution in [3.63, 3.8) is 0 Å². The minimum atomic E-state index is -0.869. The molecule has 34 heavy (non-hydrogen) atoms. The first-order valence-electron chi connectivity index (χ1n) is 12.1. The summed E-state index contributed by atoms with van der Waals surface area (Å²) in [6.45, 7) is 2.08. The van der Waals surface area contributed by atoms with Crippen molar-refractivity contribution in [3.8, 4) is 11.1 Å². The number of hydrogen-bond donors (Lipinski definition) is 3. The summed E-state index contributed by atoms with van der Waals surface area (Å²) in [5.74, 6) is -1.13. The summed E-state index contributed by atoms with van der Waals surface area (Å²) in [5, 5.41) is 14.7. The highest BCUT2D eigenvalue weighted by molar-refractivity contribution is 5.80. The molecule has 2 aromatic carbocycles. The van der Waals surface area contributed by atoms with Gasteiger partial charge in [0.05, 0.1) is 0 Å². The van der Waals surface area contributed by atoms with Crippen molar-refractivity contribution >= 4 is 18.0 Å². The standard InChI is InChI=1S/C27H32N2O5/c1-17(13-14-25(30)31)28-26(32)18-7-6-8-19(15-18)29-27(33)34-16-24-22-11-4-2-9-20(22)21-10-3-5-12-23(21)24/h2-5,9-12,17-19,24H,6-8,13-16H2,1H3,(H,28,32)(H,29,33)(H,30,31). The summed E-state index contributed by atoms with van der Waals surface area (Å²) in [4.78, 5) is 36.0. The summed E-state index contributed by atoms with van der Waals surface area (Å²) in [6, 6.07) is 16.1. The molecule has 3 atom stereocenters. The van der Waals surface area contributed by atoms with Crippen molar-refractivity contribution < 1.29 is 24.2 Å². The Balaban J connectivity index is 1.28. The third kappa shape index (κ3) is 5.58. The van der Waals surface area contributed by atoms with Gasteiger partial charge in [0.2, 0.25) is 5.91 Å². The molecule has 0 saturated heterocycles. The van der Waals surface area contributed by atoms with Crippen LogP contribution in [-0.4, -0.2) is 41.8 Å². The van der Waals surface area contributed by atoms with Gasteiger partial charge in [-0.3, -0.25) is 9.59 Å². The van der Waals surface area contributed by atoms with Crippen LogP contribution in [0.1, 0.15) is 62.5 Å². The molecule has 2 amide bonds. The predicted molar refractivity (Wildman–Crippen MR) is 128 cm³/mol. The minimum Gasteiger partial charge on any atom is -0.481 e. The molecule has 180 valence electrons. The first-order valence-corrected chi connectivity index (χ1v) is 12.1. The topological polar surface area (TPSA) is 105 Å². The van der Waals surface area contributed by atoms with E-state index in [-0.39, 0.29) is 42.9 Å². The van der Waals surface area contributed by atoms with Crippen LogP contribution in [0.2, 0.25) is 0 Å². The molecule has 7 heteroatoms. The highest BCUT2D eigenvalue weighted by atomic mass is 16.5. The van der Waals surface area contributed by atoms with Crippen LogP contribution >= 0.6 is 0 Å². The average molecular weight is 465 g/mol. The number of rotatable bonds is 8. The molecular formula is C27H32N2O5. The number of nitrogens with one attached hydrogen (secondary N) is 2. The van der Waals surface area contributed by atoms with Crippen molar-refractivity contribution in [2.45, 2.75) is 63.5 Å². The monoisotopic (exact) mass is 464 g/mol. The van der Waals surface area contributed by atoms with Crippen LogP contribution in [0.25, 0.3) is 11.1 Å². The summed E-state index contributed by atoms with van der Waals surface area (Å²) in [7, 11) is 0. The van der Waals surface area contributed by atoms with E-state index in [0.29, 0.717) is 12.8 Å². The van der Waals surface area contributed by atoms with Crippen LogP contribution < -0.4 is 10.6 Å². The quantitative estimate of drug-likeness (QED) is 0.535. The molecule has 1 saturated carbocycles. The van der Waals surface area contributed by atoms with Gasteiger partial charge in [-0.25, -0.2) is 4.79 Å². The second kappa shape index (κ2) is 10.7. The number of fused-ring (bicyclic) bond motifs is 3. The number of benzene rings is 2. The Morgan fingerprint density at radius 3 is 2.32 bits per heavy atom. The van der Waals surface area contributed by atoms with Gasteiger partial charge in [0.1, 0.15) is 6.61 Å². The highest BCUT2D eigenvalue weighted by Gasteiger charge is 2.31. The van der Waals surface area contributed by atoms with Gasteiger partial charge < -0.3 is 20.5 Å². The first kappa shape index (κ1) is 23.8. The molecule has 0 radical (unpaired) electrons. The number of ether oxygens (including phenoxy) is 1. The van der Waals surface area contributed by atoms with Crippen LogP contribution in [-0.2, 0) is 14.3 Å². The van der Waals surface area contributed by atoms with Gasteiger partial charge in [-0.05, 0) is 54.9 Å². The van der Waals surface area contributed by atoms with E-state index >= 15 is 0 Å². The van der Waals surface area contributed by atoms with Crippen LogP contribution in [0.3, 0.4) is 0 Å². The van der Waals surface area contributed by atoms with E-state index in [2.05, 4.69) is 34.9 Å². The van der Waals surface area contributed by atoms with E-state index in [9.17, 15) is 14.4 Å². The molecule has 2 aromatic rings. The number of carbonyl (C=O) groups is 3. The Hall–Kier alpha value is -3.35. The van der Waals surface area contributed by atoms with Crippen LogP contribution in [0.5, 0.6) is 0 Å². The molecule has 0 aliphatic heterocycles. The van der Waals surface area contributed by atoms with Gasteiger partial charge in [0.25, 0.3) is 0 Å². The number of hydrogen-bond acceptors (Lipinski definition) is 4. The van der Waals surface area contributed by atoms with Crippen LogP contribution in [0, 0.1) is 5.92 Å². The SMILES string of the molecule is CC(CCC(=O)O)NC(=O)C1CCCC(NC(=O)OCC2c3ccccc3-c3ccccc32)C1. The predicted octanol–water partition coefficient (Wildman–Crippen LogP) is 4.45. The van der Waals surface area contributed by atoms with Gasteiger partial charge in [-0.2, -0.15) is 0 Å². The third-order valence-electron chi connectivity index (χ3n) is 6.89. The van der Waals surface area contributed by atoms with Crippen molar-refractivity contribution in [1.29, 1.82) is 0 Å². The largest absolute Gasteiger partial charge is 0.481 e. The van der Waals surface area contributed by atoms with Crippen LogP contribution in [0.15, 0.2) is 48.5 Å². The zero-order chi connectivity index (χ0) is 24.1. The van der Waals surface area contributed by atoms with E-state index in [1.165, 1.54) is 22.3 Å². The number of alkyl carbamates (subject to hydrolysis) is 1. The molecule has 3 unspecified atom stereocenters. The lowest BCUT2D eigenvalue weighted by molar-refractivity contribution is -0.137. The maximum absolute atomic E-state index is 12.6. The Morgan fingerprint density at radius 2 is 1.68 bits per heavy atom. The van der Waals surface area contributed by atoms with E-state index in [1.54, 1.807) is 0 Å². The molecule has 0 spiro atoms. The zero-order valence-electron chi connectivity index (χ0n) is 19.5. The maximum atomic E-state index is 12.6. The lowest BCUT2D eigenvalue weighted by atomic mass is 9.85. The molecule has 1 fully saturated rings. The molecule has 2 aliphatic carbocycles. The Kier molecular flexibility index (Phi) is 7.50. The second-order valence-electron chi connectivity index (χ2n) is 9.37. The van der Waals surface area contributed by atoms with E-state index in [1.807, 2.05) is 31.2 Å². The molecule has 0 bridgehead atoms. The first-order chi connectivity index (χ1) is 16.4. The van der Waals surface area contributed by atoms with Gasteiger partial charge in [-0.1, -0.05) is 55.0 Å². The highest BCUT2D eigenvalue weighted by Crippen LogP contribution is 2.44. The Bertz CT molecular complexity index is 1010. The Morgan fingerprint density at radius 1 is 1.03 bits per heavy atom. The fourth-order valence-electron chi connectivity index (χ4n) is 5.14. The number of amides is 2. The lowest BCUT2D eigenvalue weighted by Crippen LogP contribution is -2.44. The molecule has 2 aliphatic rings. The smallest absolute Gasteiger partial charge is 0.407 e. The van der Waals surface area contributed by atoms with Gasteiger partial charge in [-0.15, -0.1) is 0 Å². The number of aliphatic carboxylic acids is 1. The van der Waals surface area contributed by atoms with Gasteiger partial charge in [0.15, 0.2) is 0 Å². The molecule has 4 rings (SSSR count). The van der Waals surface area contributed by atoms with Crippen molar-refractivity contribution in [1.82, 2.24) is 10.6 Å². The molecule has 0 aromatic heterocycles. The fraction of sp³-hybridized carbons (Fsp3) is 0.444. The summed E-state index contributed by atoms with van der Waals surface area (Å²) in [5.41, 5.74) is 4.71. The fourth-order valence-corrected chi connectivity index (χ4v) is 5.14. The molecule has 0 heterocycles. The third-order valence-corrected chi connectivity index (χ3v) is 6.89. The lowest BCUT2D eigenvalue weighted by Gasteiger charge is -2.29. The van der Waals surface area contributed by atoms with E-state index < -0.39 is 12.1 Å². The summed E-state index contributed by atoms with van der Waals surface area (Å²) in [6.07, 6.45) is 2.94. The van der Waals surface area contributed by atoms with Crippen molar-refractivity contribution in [2.75, 3.05) is 6.61 Å². The number of carboxylic acids is 1. The van der Waals surface area contributed by atoms with Gasteiger partial charge in [0, 0.05) is 30.3 Å². The molecule has 3 N–H and O–H groups in total.